The molecule has 11 aromatic heterocycles. The third-order valence-corrected chi connectivity index (χ3v) is 12.9. The summed E-state index contributed by atoms with van der Waals surface area (Å²) in [5, 5.41) is 22.3. The van der Waals surface area contributed by atoms with Crippen molar-refractivity contribution >= 4 is 81.6 Å². The van der Waals surface area contributed by atoms with E-state index in [1.807, 2.05) is 131 Å². The van der Waals surface area contributed by atoms with Crippen molar-refractivity contribution in [2.75, 3.05) is 21.4 Å². The molecular weight excluding hydrogens is 1040 g/mol. The van der Waals surface area contributed by atoms with Gasteiger partial charge in [-0.1, -0.05) is 23.7 Å². The Bertz CT molecular complexity index is 4240. The summed E-state index contributed by atoms with van der Waals surface area (Å²) in [6.07, 6.45) is 26.9. The molecule has 14 rings (SSSR count). The maximum Gasteiger partial charge on any atom is 0.228 e. The van der Waals surface area contributed by atoms with E-state index >= 15 is 0 Å². The summed E-state index contributed by atoms with van der Waals surface area (Å²) in [5.41, 5.74) is 17.0. The van der Waals surface area contributed by atoms with E-state index in [2.05, 4.69) is 98.5 Å². The first-order valence-corrected chi connectivity index (χ1v) is 24.8. The van der Waals surface area contributed by atoms with E-state index in [0.717, 1.165) is 68.0 Å². The monoisotopic (exact) mass is 1090 g/mol. The number of fused-ring (bicyclic) bond motifs is 5. The van der Waals surface area contributed by atoms with Gasteiger partial charge in [0.15, 0.2) is 11.0 Å². The molecule has 0 spiro atoms. The average molecular weight is 1090 g/mol. The van der Waals surface area contributed by atoms with Crippen LogP contribution in [0.1, 0.15) is 11.9 Å². The summed E-state index contributed by atoms with van der Waals surface area (Å²) in [7, 11) is 5.54. The Balaban J connectivity index is 0.000000122. The maximum absolute atomic E-state index is 14.1. The van der Waals surface area contributed by atoms with Crippen LogP contribution >= 0.6 is 11.6 Å². The number of aliphatic imine (C=N–C) groups is 1. The van der Waals surface area contributed by atoms with Crippen LogP contribution in [0.4, 0.5) is 51.2 Å². The van der Waals surface area contributed by atoms with Gasteiger partial charge in [-0.2, -0.15) is 15.3 Å². The van der Waals surface area contributed by atoms with E-state index in [-0.39, 0.29) is 17.7 Å². The minimum Gasteiger partial charge on any atom is -0.322 e. The van der Waals surface area contributed by atoms with E-state index in [1.54, 1.807) is 81.8 Å². The molecule has 1 aromatic carbocycles. The number of hydrazine groups is 2. The van der Waals surface area contributed by atoms with Crippen molar-refractivity contribution < 1.29 is 4.39 Å². The lowest BCUT2D eigenvalue weighted by Gasteiger charge is -2.25. The van der Waals surface area contributed by atoms with Crippen molar-refractivity contribution in [3.05, 3.63) is 182 Å². The normalized spacial score (nSPS) is 13.8. The molecular formula is C52H46ClFN26. The van der Waals surface area contributed by atoms with Gasteiger partial charge in [0.2, 0.25) is 23.8 Å². The van der Waals surface area contributed by atoms with Crippen LogP contribution in [-0.4, -0.2) is 93.4 Å². The highest BCUT2D eigenvalue weighted by atomic mass is 35.5. The number of nitrogens with one attached hydrogen (secondary N) is 6. The number of anilines is 7. The standard InChI is InChI=1S/C22H19FN10.C15H12ClN7.C15H15N9/c1-31-19(7-9-25-31)28-21-24-8-6-16(26-21)14-12-18-20-29-30-22(33(20)11-10-32(18)13-14)27-17-5-3-2-4-15(17)23;1-22-13(3-5-19-22)21-15-18-4-2-11(20-15)10-8-12-14(16)17-6-7-23(12)9-10;1-23-13(3-5-19-23)21-15-18-4-2-11(20-15)10-8-12-14(22-16)17-6-7-24(12)9-10/h2-13,20,29H,1H3,(H,27,30)(H,24,26,28);2-9H,1H3,(H,18,20,21);2-9H,16H2,1H3,(H,17,22)(H,18,20,21). The van der Waals surface area contributed by atoms with Gasteiger partial charge in [0.1, 0.15) is 35.1 Å². The molecule has 1 unspecified atom stereocenters. The van der Waals surface area contributed by atoms with Gasteiger partial charge in [-0.15, -0.1) is 0 Å². The van der Waals surface area contributed by atoms with Crippen molar-refractivity contribution in [3.8, 4) is 33.8 Å². The van der Waals surface area contributed by atoms with Gasteiger partial charge in [-0.25, -0.2) is 60.5 Å². The fourth-order valence-corrected chi connectivity index (χ4v) is 8.85. The quantitative estimate of drug-likeness (QED) is 0.0485. The number of aromatic nitrogens is 17. The molecule has 2 aliphatic rings. The lowest BCUT2D eigenvalue weighted by molar-refractivity contribution is 0.375. The van der Waals surface area contributed by atoms with E-state index in [0.29, 0.717) is 34.8 Å². The molecule has 26 nitrogen and oxygen atoms in total. The van der Waals surface area contributed by atoms with Crippen LogP contribution in [0.15, 0.2) is 171 Å². The fraction of sp³-hybridized carbons (Fsp3) is 0.0769. The number of para-hydroxylation sites is 1. The number of guanidine groups is 1. The number of aryl methyl sites for hydroxylation is 3. The first-order chi connectivity index (χ1) is 39.1. The molecule has 80 heavy (non-hydrogen) atoms. The number of halogens is 2. The van der Waals surface area contributed by atoms with Gasteiger partial charge in [-0.05, 0) is 48.5 Å². The van der Waals surface area contributed by atoms with Crippen molar-refractivity contribution in [2.45, 2.75) is 6.17 Å². The Morgan fingerprint density at radius 3 is 1.64 bits per heavy atom. The van der Waals surface area contributed by atoms with Crippen LogP contribution < -0.4 is 38.1 Å². The number of rotatable bonds is 11. The van der Waals surface area contributed by atoms with Crippen LogP contribution in [0.3, 0.4) is 0 Å². The van der Waals surface area contributed by atoms with Gasteiger partial charge in [0.05, 0.1) is 52.4 Å². The minimum absolute atomic E-state index is 0.205. The Morgan fingerprint density at radius 2 is 1.11 bits per heavy atom. The Morgan fingerprint density at radius 1 is 0.588 bits per heavy atom. The van der Waals surface area contributed by atoms with Crippen LogP contribution in [0.2, 0.25) is 5.15 Å². The largest absolute Gasteiger partial charge is 0.322 e. The molecule has 0 radical (unpaired) electrons. The molecule has 1 fully saturated rings. The number of hydrogen-bond donors (Lipinski definition) is 7. The third-order valence-electron chi connectivity index (χ3n) is 12.6. The van der Waals surface area contributed by atoms with Gasteiger partial charge < -0.3 is 34.7 Å². The summed E-state index contributed by atoms with van der Waals surface area (Å²) in [6.45, 7) is 0. The number of hydrogen-bond acceptors (Lipinski definition) is 18. The molecule has 28 heteroatoms. The number of benzene rings is 1. The summed E-state index contributed by atoms with van der Waals surface area (Å²) in [6, 6.07) is 23.5. The number of nitrogen functional groups attached to an aromatic ring is 1. The fourth-order valence-electron chi connectivity index (χ4n) is 8.64. The molecule has 0 saturated carbocycles. The highest BCUT2D eigenvalue weighted by molar-refractivity contribution is 6.32. The SMILES string of the molecule is Cn1nccc1Nc1nccc(-c2cc3c(Cl)nccn3c2)n1.Cn1nccc1Nc1nccc(-c2cc3c(NN)nccn3c2)n1.Cn1nccc1Nc1nccc(-c2cc3n(c2)C=CN2C(=Nc4ccccc4F)NNC32)n1. The Kier molecular flexibility index (Phi) is 13.5. The molecule has 398 valence electrons. The molecule has 1 atom stereocenters. The average Bonchev–Trinajstić information content (AvgIpc) is 4.37. The Hall–Kier alpha value is -10.9. The summed E-state index contributed by atoms with van der Waals surface area (Å²) >= 11 is 6.11. The summed E-state index contributed by atoms with van der Waals surface area (Å²) in [4.78, 5) is 41.2. The number of nitrogens with zero attached hydrogens (tertiary/aromatic N) is 19. The first kappa shape index (κ1) is 49.9. The molecule has 0 aliphatic carbocycles. The summed E-state index contributed by atoms with van der Waals surface area (Å²) in [5.74, 6) is 10.2. The van der Waals surface area contributed by atoms with Gasteiger partial charge >= 0.3 is 0 Å². The second kappa shape index (κ2) is 21.6. The molecule has 1 saturated heterocycles. The molecule has 13 heterocycles. The molecule has 2 aliphatic heterocycles. The highest BCUT2D eigenvalue weighted by Gasteiger charge is 2.34. The maximum atomic E-state index is 14.1. The predicted octanol–water partition coefficient (Wildman–Crippen LogP) is 7.58. The van der Waals surface area contributed by atoms with Crippen molar-refractivity contribution in [1.82, 2.24) is 98.3 Å². The van der Waals surface area contributed by atoms with Crippen LogP contribution in [0, 0.1) is 5.82 Å². The van der Waals surface area contributed by atoms with Crippen molar-refractivity contribution in [1.29, 1.82) is 0 Å². The van der Waals surface area contributed by atoms with E-state index in [1.165, 1.54) is 6.07 Å². The smallest absolute Gasteiger partial charge is 0.228 e. The summed E-state index contributed by atoms with van der Waals surface area (Å²) < 4.78 is 25.1. The molecule has 0 amide bonds. The minimum atomic E-state index is -0.374. The molecule has 0 bridgehead atoms. The van der Waals surface area contributed by atoms with E-state index < -0.39 is 0 Å². The highest BCUT2D eigenvalue weighted by Crippen LogP contribution is 2.33. The van der Waals surface area contributed by atoms with Gasteiger partial charge in [0, 0.05) is 130 Å². The van der Waals surface area contributed by atoms with Crippen LogP contribution in [0.5, 0.6) is 0 Å². The van der Waals surface area contributed by atoms with Crippen molar-refractivity contribution in [3.63, 3.8) is 0 Å². The number of nitrogens with two attached hydrogens (primary N) is 1. The second-order valence-corrected chi connectivity index (χ2v) is 18.1. The lowest BCUT2D eigenvalue weighted by Crippen LogP contribution is -2.29. The van der Waals surface area contributed by atoms with Gasteiger partial charge in [0.25, 0.3) is 0 Å². The zero-order chi connectivity index (χ0) is 54.7. The zero-order valence-corrected chi connectivity index (χ0v) is 43.3. The molecule has 12 aromatic rings. The van der Waals surface area contributed by atoms with Crippen molar-refractivity contribution in [2.24, 2.45) is 32.0 Å². The van der Waals surface area contributed by atoms with Gasteiger partial charge in [-0.3, -0.25) is 24.4 Å². The topological polar surface area (TPSA) is 284 Å². The predicted molar refractivity (Wildman–Crippen MR) is 300 cm³/mol. The van der Waals surface area contributed by atoms with E-state index in [4.69, 9.17) is 17.4 Å². The van der Waals surface area contributed by atoms with E-state index in [9.17, 15) is 4.39 Å². The lowest BCUT2D eigenvalue weighted by atomic mass is 10.2. The molecule has 8 N–H and O–H groups in total. The van der Waals surface area contributed by atoms with Crippen LogP contribution in [-0.2, 0) is 21.1 Å². The Labute approximate surface area is 458 Å². The third kappa shape index (κ3) is 10.4. The van der Waals surface area contributed by atoms with Crippen LogP contribution in [0.25, 0.3) is 51.0 Å². The second-order valence-electron chi connectivity index (χ2n) is 17.7. The first-order valence-electron chi connectivity index (χ1n) is 24.4. The zero-order valence-electron chi connectivity index (χ0n) is 42.6.